The number of fused-ring (bicyclic) bond motifs is 1. The Bertz CT molecular complexity index is 1340. The molecular formula is C28H31N5O3. The highest BCUT2D eigenvalue weighted by molar-refractivity contribution is 5.93. The van der Waals surface area contributed by atoms with Crippen LogP contribution in [0.3, 0.4) is 0 Å². The predicted octanol–water partition coefficient (Wildman–Crippen LogP) is 4.95. The lowest BCUT2D eigenvalue weighted by molar-refractivity contribution is 0.0520. The van der Waals surface area contributed by atoms with Crippen LogP contribution in [0.5, 0.6) is 0 Å². The van der Waals surface area contributed by atoms with Gasteiger partial charge < -0.3 is 15.4 Å². The van der Waals surface area contributed by atoms with Crippen LogP contribution in [0.2, 0.25) is 0 Å². The van der Waals surface area contributed by atoms with Gasteiger partial charge in [-0.05, 0) is 32.8 Å². The quantitative estimate of drug-likeness (QED) is 0.386. The van der Waals surface area contributed by atoms with Crippen molar-refractivity contribution in [1.29, 1.82) is 0 Å². The van der Waals surface area contributed by atoms with Gasteiger partial charge in [0.05, 0.1) is 11.4 Å². The largest absolute Gasteiger partial charge is 0.444 e. The molecule has 1 unspecified atom stereocenters. The summed E-state index contributed by atoms with van der Waals surface area (Å²) in [5.41, 5.74) is 3.90. The Morgan fingerprint density at radius 3 is 2.17 bits per heavy atom. The molecule has 0 fully saturated rings. The zero-order valence-corrected chi connectivity index (χ0v) is 21.0. The molecule has 0 saturated carbocycles. The number of carbonyl (C=O) groups excluding carboxylic acids is 2. The van der Waals surface area contributed by atoms with Crippen molar-refractivity contribution in [1.82, 2.24) is 25.2 Å². The second kappa shape index (κ2) is 10.6. The summed E-state index contributed by atoms with van der Waals surface area (Å²) in [6.07, 6.45) is -0.477. The number of ether oxygens (including phenoxy) is 1. The molecule has 8 nitrogen and oxygen atoms in total. The number of nitrogens with one attached hydrogen (secondary N) is 2. The van der Waals surface area contributed by atoms with Crippen LogP contribution in [0.1, 0.15) is 38.2 Å². The van der Waals surface area contributed by atoms with Crippen LogP contribution in [-0.2, 0) is 4.74 Å². The van der Waals surface area contributed by atoms with Gasteiger partial charge in [0.25, 0.3) is 5.91 Å². The monoisotopic (exact) mass is 485 g/mol. The molecule has 0 aliphatic carbocycles. The Morgan fingerprint density at radius 2 is 1.53 bits per heavy atom. The third kappa shape index (κ3) is 6.27. The first-order valence-corrected chi connectivity index (χ1v) is 12.0. The first-order valence-electron chi connectivity index (χ1n) is 12.0. The fourth-order valence-corrected chi connectivity index (χ4v) is 3.66. The third-order valence-corrected chi connectivity index (χ3v) is 5.40. The number of nitrogens with zero attached hydrogens (tertiary/aromatic N) is 3. The molecule has 2 amide bonds. The van der Waals surface area contributed by atoms with Gasteiger partial charge in [0.2, 0.25) is 0 Å². The fourth-order valence-electron chi connectivity index (χ4n) is 3.66. The second-order valence-corrected chi connectivity index (χ2v) is 9.76. The predicted molar refractivity (Wildman–Crippen MR) is 140 cm³/mol. The van der Waals surface area contributed by atoms with Crippen LogP contribution >= 0.6 is 0 Å². The molecule has 0 radical (unpaired) electrons. The third-order valence-electron chi connectivity index (χ3n) is 5.40. The molecule has 4 aromatic rings. The summed E-state index contributed by atoms with van der Waals surface area (Å²) < 4.78 is 6.95. The van der Waals surface area contributed by atoms with Gasteiger partial charge >= 0.3 is 6.09 Å². The summed E-state index contributed by atoms with van der Waals surface area (Å²) in [5.74, 6) is -0.300. The topological polar surface area (TPSA) is 97.6 Å². The molecule has 2 aromatic carbocycles. The number of hydrogen-bond acceptors (Lipinski definition) is 5. The average Bonchev–Trinajstić information content (AvgIpc) is 3.30. The zero-order valence-electron chi connectivity index (χ0n) is 21.0. The van der Waals surface area contributed by atoms with E-state index in [0.717, 1.165) is 22.5 Å². The molecule has 0 bridgehead atoms. The molecule has 4 rings (SSSR count). The van der Waals surface area contributed by atoms with Crippen LogP contribution < -0.4 is 10.6 Å². The summed E-state index contributed by atoms with van der Waals surface area (Å²) in [4.78, 5) is 29.5. The number of benzene rings is 2. The first kappa shape index (κ1) is 24.9. The van der Waals surface area contributed by atoms with Gasteiger partial charge in [0, 0.05) is 30.3 Å². The number of amides is 2. The van der Waals surface area contributed by atoms with E-state index in [2.05, 4.69) is 15.7 Å². The zero-order chi connectivity index (χ0) is 25.7. The summed E-state index contributed by atoms with van der Waals surface area (Å²) >= 11 is 0. The molecule has 8 heteroatoms. The van der Waals surface area contributed by atoms with Crippen LogP contribution in [0.15, 0.2) is 72.8 Å². The van der Waals surface area contributed by atoms with E-state index >= 15 is 0 Å². The van der Waals surface area contributed by atoms with Crippen LogP contribution in [0, 0.1) is 5.92 Å². The maximum absolute atomic E-state index is 12.9. The maximum Gasteiger partial charge on any atom is 0.407 e. The Kier molecular flexibility index (Phi) is 7.33. The first-order chi connectivity index (χ1) is 17.2. The summed E-state index contributed by atoms with van der Waals surface area (Å²) in [5, 5.41) is 10.2. The SMILES string of the molecule is CC(CNC(=O)OC(C)(C)C)CNC(=O)c1cc2nc(-c3ccccc3)cc(-c3ccccc3)n2n1. The van der Waals surface area contributed by atoms with Gasteiger partial charge in [-0.15, -0.1) is 0 Å². The van der Waals surface area contributed by atoms with Gasteiger partial charge in [-0.25, -0.2) is 14.3 Å². The van der Waals surface area contributed by atoms with Crippen molar-refractivity contribution in [2.24, 2.45) is 5.92 Å². The second-order valence-electron chi connectivity index (χ2n) is 9.76. The molecule has 186 valence electrons. The van der Waals surface area contributed by atoms with Crippen molar-refractivity contribution < 1.29 is 14.3 Å². The van der Waals surface area contributed by atoms with Gasteiger partial charge in [-0.2, -0.15) is 5.10 Å². The Balaban J connectivity index is 1.52. The highest BCUT2D eigenvalue weighted by Gasteiger charge is 2.18. The highest BCUT2D eigenvalue weighted by Crippen LogP contribution is 2.26. The van der Waals surface area contributed by atoms with Crippen molar-refractivity contribution in [2.45, 2.75) is 33.3 Å². The molecule has 0 spiro atoms. The average molecular weight is 486 g/mol. The lowest BCUT2D eigenvalue weighted by Gasteiger charge is -2.20. The lowest BCUT2D eigenvalue weighted by Crippen LogP contribution is -2.38. The van der Waals surface area contributed by atoms with Crippen molar-refractivity contribution >= 4 is 17.6 Å². The minimum Gasteiger partial charge on any atom is -0.444 e. The molecule has 2 heterocycles. The van der Waals surface area contributed by atoms with Gasteiger partial charge in [0.15, 0.2) is 11.3 Å². The minimum absolute atomic E-state index is 0.00110. The number of alkyl carbamates (subject to hydrolysis) is 1. The van der Waals surface area contributed by atoms with Gasteiger partial charge in [-0.3, -0.25) is 4.79 Å². The van der Waals surface area contributed by atoms with E-state index in [1.807, 2.05) is 94.4 Å². The van der Waals surface area contributed by atoms with Crippen LogP contribution in [-0.4, -0.2) is 45.3 Å². The molecular weight excluding hydrogens is 454 g/mol. The number of aromatic nitrogens is 3. The molecule has 2 aromatic heterocycles. The molecule has 36 heavy (non-hydrogen) atoms. The van der Waals surface area contributed by atoms with Crippen molar-refractivity contribution in [3.05, 3.63) is 78.5 Å². The van der Waals surface area contributed by atoms with E-state index < -0.39 is 11.7 Å². The number of carbonyl (C=O) groups is 2. The summed E-state index contributed by atoms with van der Waals surface area (Å²) in [7, 11) is 0. The Labute approximate surface area is 210 Å². The van der Waals surface area contributed by atoms with E-state index in [1.165, 1.54) is 0 Å². The number of rotatable bonds is 7. The standard InChI is InChI=1S/C28H31N5O3/c1-19(18-30-27(35)36-28(2,3)4)17-29-26(34)23-16-25-31-22(20-11-7-5-8-12-20)15-24(33(25)32-23)21-13-9-6-10-14-21/h5-16,19H,17-18H2,1-4H3,(H,29,34)(H,30,35). The van der Waals surface area contributed by atoms with Crippen LogP contribution in [0.4, 0.5) is 4.79 Å². The summed E-state index contributed by atoms with van der Waals surface area (Å²) in [6.45, 7) is 8.11. The number of hydrogen-bond donors (Lipinski definition) is 2. The Morgan fingerprint density at radius 1 is 0.917 bits per heavy atom. The van der Waals surface area contributed by atoms with Gasteiger partial charge in [-0.1, -0.05) is 67.6 Å². The highest BCUT2D eigenvalue weighted by atomic mass is 16.6. The molecule has 0 aliphatic rings. The smallest absolute Gasteiger partial charge is 0.407 e. The molecule has 0 aliphatic heterocycles. The van der Waals surface area contributed by atoms with E-state index in [4.69, 9.17) is 9.72 Å². The fraction of sp³-hybridized carbons (Fsp3) is 0.286. The minimum atomic E-state index is -0.558. The van der Waals surface area contributed by atoms with Crippen molar-refractivity contribution in [2.75, 3.05) is 13.1 Å². The normalized spacial score (nSPS) is 12.2. The van der Waals surface area contributed by atoms with E-state index in [1.54, 1.807) is 10.6 Å². The van der Waals surface area contributed by atoms with Gasteiger partial charge in [0.1, 0.15) is 5.60 Å². The van der Waals surface area contributed by atoms with Crippen LogP contribution in [0.25, 0.3) is 28.2 Å². The molecule has 1 atom stereocenters. The van der Waals surface area contributed by atoms with E-state index in [0.29, 0.717) is 18.7 Å². The van der Waals surface area contributed by atoms with Crippen molar-refractivity contribution in [3.8, 4) is 22.5 Å². The maximum atomic E-state index is 12.9. The van der Waals surface area contributed by atoms with E-state index in [9.17, 15) is 9.59 Å². The lowest BCUT2D eigenvalue weighted by atomic mass is 10.1. The Hall–Kier alpha value is -4.20. The van der Waals surface area contributed by atoms with Crippen molar-refractivity contribution in [3.63, 3.8) is 0 Å². The summed E-state index contributed by atoms with van der Waals surface area (Å²) in [6, 6.07) is 23.5. The molecule has 2 N–H and O–H groups in total. The van der Waals surface area contributed by atoms with E-state index in [-0.39, 0.29) is 17.5 Å². The molecule has 0 saturated heterocycles.